The van der Waals surface area contributed by atoms with Crippen LogP contribution in [0.15, 0.2) is 72.8 Å². The second-order valence-electron chi connectivity index (χ2n) is 8.46. The number of rotatable bonds is 7. The summed E-state index contributed by atoms with van der Waals surface area (Å²) in [6.45, 7) is 0. The van der Waals surface area contributed by atoms with Crippen LogP contribution in [0.2, 0.25) is 0 Å². The number of benzene rings is 2. The molecule has 3 aromatic rings. The first-order chi connectivity index (χ1) is 16.8. The molecule has 0 aliphatic carbocycles. The minimum atomic E-state index is -3.57. The highest BCUT2D eigenvalue weighted by Gasteiger charge is 2.49. The molecule has 0 bridgehead atoms. The Morgan fingerprint density at radius 3 is 2.43 bits per heavy atom. The van der Waals surface area contributed by atoms with Gasteiger partial charge in [0.15, 0.2) is 9.84 Å². The van der Waals surface area contributed by atoms with Gasteiger partial charge in [-0.25, -0.2) is 13.9 Å². The van der Waals surface area contributed by atoms with Gasteiger partial charge in [-0.2, -0.15) is 0 Å². The third-order valence-electron chi connectivity index (χ3n) is 6.13. The van der Waals surface area contributed by atoms with E-state index in [9.17, 15) is 18.0 Å². The average Bonchev–Trinajstić information content (AvgIpc) is 3.36. The molecule has 35 heavy (non-hydrogen) atoms. The zero-order chi connectivity index (χ0) is 24.9. The van der Waals surface area contributed by atoms with Gasteiger partial charge < -0.3 is 5.32 Å². The second kappa shape index (κ2) is 10.6. The minimum Gasteiger partial charge on any atom is -0.323 e. The largest absolute Gasteiger partial charge is 0.323 e. The Kier molecular flexibility index (Phi) is 7.49. The minimum absolute atomic E-state index is 0.0256. The maximum Gasteiger partial charge on any atom is 0.248 e. The molecule has 1 saturated heterocycles. The van der Waals surface area contributed by atoms with Crippen molar-refractivity contribution >= 4 is 44.8 Å². The number of nitrogens with one attached hydrogen (secondary N) is 2. The number of hydrogen-bond donors (Lipinski definition) is 3. The first-order valence-electron chi connectivity index (χ1n) is 11.2. The van der Waals surface area contributed by atoms with E-state index < -0.39 is 20.5 Å². The smallest absolute Gasteiger partial charge is 0.248 e. The van der Waals surface area contributed by atoms with Crippen LogP contribution in [0.1, 0.15) is 36.1 Å². The van der Waals surface area contributed by atoms with E-state index in [-0.39, 0.29) is 18.1 Å². The van der Waals surface area contributed by atoms with Crippen molar-refractivity contribution in [2.24, 2.45) is 0 Å². The molecule has 1 aliphatic rings. The second-order valence-corrected chi connectivity index (χ2v) is 12.0. The van der Waals surface area contributed by atoms with E-state index >= 15 is 0 Å². The highest BCUT2D eigenvalue weighted by molar-refractivity contribution is 7.92. The van der Waals surface area contributed by atoms with Crippen LogP contribution in [0.25, 0.3) is 16.5 Å². The molecule has 4 rings (SSSR count). The van der Waals surface area contributed by atoms with E-state index in [2.05, 4.69) is 5.32 Å². The van der Waals surface area contributed by atoms with E-state index in [0.717, 1.165) is 21.7 Å². The molecule has 182 valence electrons. The van der Waals surface area contributed by atoms with Gasteiger partial charge in [-0.1, -0.05) is 48.9 Å². The fourth-order valence-electron chi connectivity index (χ4n) is 4.29. The Morgan fingerprint density at radius 1 is 1.00 bits per heavy atom. The molecule has 2 amide bonds. The van der Waals surface area contributed by atoms with E-state index in [1.807, 2.05) is 60.7 Å². The number of carbonyl (C=O) groups is 2. The molecule has 2 aromatic carbocycles. The number of sulfone groups is 1. The number of hydroxylamine groups is 1. The number of para-hydroxylation sites is 1. The van der Waals surface area contributed by atoms with Crippen LogP contribution in [0.3, 0.4) is 0 Å². The monoisotopic (exact) mass is 510 g/mol. The van der Waals surface area contributed by atoms with Gasteiger partial charge in [0.25, 0.3) is 0 Å². The van der Waals surface area contributed by atoms with E-state index in [4.69, 9.17) is 5.21 Å². The molecular weight excluding hydrogens is 484 g/mol. The third kappa shape index (κ3) is 5.53. The van der Waals surface area contributed by atoms with Gasteiger partial charge in [0.1, 0.15) is 4.75 Å². The topological polar surface area (TPSA) is 113 Å². The first-order valence-corrected chi connectivity index (χ1v) is 13.7. The lowest BCUT2D eigenvalue weighted by atomic mass is 9.94. The van der Waals surface area contributed by atoms with Crippen LogP contribution in [-0.4, -0.2) is 31.2 Å². The molecule has 1 fully saturated rings. The number of amides is 2. The average molecular weight is 511 g/mol. The zero-order valence-corrected chi connectivity index (χ0v) is 20.6. The quantitative estimate of drug-likeness (QED) is 0.241. The predicted molar refractivity (Wildman–Crippen MR) is 138 cm³/mol. The van der Waals surface area contributed by atoms with Crippen molar-refractivity contribution in [3.05, 3.63) is 83.2 Å². The Labute approximate surface area is 208 Å². The lowest BCUT2D eigenvalue weighted by Crippen LogP contribution is -2.43. The predicted octanol–water partition coefficient (Wildman–Crippen LogP) is 4.76. The molecule has 1 aliphatic heterocycles. The highest BCUT2D eigenvalue weighted by Crippen LogP contribution is 2.47. The number of thiophene rings is 1. The molecule has 1 atom stereocenters. The summed E-state index contributed by atoms with van der Waals surface area (Å²) in [5, 5.41) is 11.8. The van der Waals surface area contributed by atoms with Crippen LogP contribution < -0.4 is 10.8 Å². The molecule has 0 saturated carbocycles. The van der Waals surface area contributed by atoms with Gasteiger partial charge in [-0.15, -0.1) is 11.3 Å². The molecule has 0 unspecified atom stereocenters. The Balaban J connectivity index is 1.52. The summed E-state index contributed by atoms with van der Waals surface area (Å²) >= 11 is 1.35. The van der Waals surface area contributed by atoms with Gasteiger partial charge in [0.05, 0.1) is 12.2 Å². The van der Waals surface area contributed by atoms with Crippen molar-refractivity contribution in [2.75, 3.05) is 11.1 Å². The van der Waals surface area contributed by atoms with E-state index in [1.165, 1.54) is 17.4 Å². The molecule has 7 nitrogen and oxygen atoms in total. The summed E-state index contributed by atoms with van der Waals surface area (Å²) in [6, 6.07) is 20.4. The summed E-state index contributed by atoms with van der Waals surface area (Å²) in [5.74, 6) is -0.912. The van der Waals surface area contributed by atoms with Crippen molar-refractivity contribution in [1.29, 1.82) is 0 Å². The number of anilines is 1. The van der Waals surface area contributed by atoms with Gasteiger partial charge in [0.2, 0.25) is 11.8 Å². The van der Waals surface area contributed by atoms with Gasteiger partial charge in [0, 0.05) is 21.5 Å². The fraction of sp³-hybridized carbons (Fsp3) is 0.231. The Morgan fingerprint density at radius 2 is 1.74 bits per heavy atom. The van der Waals surface area contributed by atoms with Crippen molar-refractivity contribution in [3.63, 3.8) is 0 Å². The van der Waals surface area contributed by atoms with Crippen LogP contribution in [0.4, 0.5) is 5.69 Å². The molecule has 2 heterocycles. The molecule has 9 heteroatoms. The van der Waals surface area contributed by atoms with Crippen molar-refractivity contribution in [3.8, 4) is 10.4 Å². The normalized spacial score (nSPS) is 19.3. The lowest BCUT2D eigenvalue weighted by Gasteiger charge is -2.35. The number of hydrogen-bond acceptors (Lipinski definition) is 6. The highest BCUT2D eigenvalue weighted by atomic mass is 32.2. The SMILES string of the molecule is O=C(/C=C/c1ccc(-c2ccc([C@@]3(CC(=O)NO)CCCCS3(=O)=O)s2)cc1)Nc1ccccc1. The first kappa shape index (κ1) is 24.8. The van der Waals surface area contributed by atoms with E-state index in [1.54, 1.807) is 17.6 Å². The zero-order valence-electron chi connectivity index (χ0n) is 18.9. The van der Waals surface area contributed by atoms with E-state index in [0.29, 0.717) is 24.1 Å². The molecule has 3 N–H and O–H groups in total. The summed E-state index contributed by atoms with van der Waals surface area (Å²) in [4.78, 5) is 25.6. The maximum atomic E-state index is 13.1. The molecule has 1 aromatic heterocycles. The van der Waals surface area contributed by atoms with Crippen LogP contribution >= 0.6 is 11.3 Å². The van der Waals surface area contributed by atoms with Crippen molar-refractivity contribution in [1.82, 2.24) is 5.48 Å². The number of carbonyl (C=O) groups excluding carboxylic acids is 2. The summed E-state index contributed by atoms with van der Waals surface area (Å²) < 4.78 is 24.9. The fourth-order valence-corrected chi connectivity index (χ4v) is 8.07. The van der Waals surface area contributed by atoms with Crippen molar-refractivity contribution < 1.29 is 23.2 Å². The van der Waals surface area contributed by atoms with Gasteiger partial charge in [-0.3, -0.25) is 14.8 Å². The Bertz CT molecular complexity index is 1330. The van der Waals surface area contributed by atoms with Gasteiger partial charge >= 0.3 is 0 Å². The molecular formula is C26H26N2O5S2. The lowest BCUT2D eigenvalue weighted by molar-refractivity contribution is -0.130. The standard InChI is InChI=1S/C26H26N2O5S2/c29-24(27-21-6-2-1-3-7-21)15-10-19-8-11-20(12-9-19)22-13-14-23(34-22)26(18-25(30)28-31)16-4-5-17-35(26,32)33/h1-3,6-15,31H,4-5,16-18H2,(H,27,29)(H,28,30)/b15-10+/t26-/m0/s1. The summed E-state index contributed by atoms with van der Waals surface area (Å²) in [6.07, 6.45) is 4.50. The molecule has 0 spiro atoms. The maximum absolute atomic E-state index is 13.1. The van der Waals surface area contributed by atoms with Crippen LogP contribution in [0.5, 0.6) is 0 Å². The van der Waals surface area contributed by atoms with Crippen LogP contribution in [0, 0.1) is 0 Å². The summed E-state index contributed by atoms with van der Waals surface area (Å²) in [7, 11) is -3.57. The Hall–Kier alpha value is -3.27. The molecule has 0 radical (unpaired) electrons. The summed E-state index contributed by atoms with van der Waals surface area (Å²) in [5.41, 5.74) is 4.06. The van der Waals surface area contributed by atoms with Gasteiger partial charge in [-0.05, 0) is 54.3 Å². The third-order valence-corrected chi connectivity index (χ3v) is 10.2. The van der Waals surface area contributed by atoms with Crippen LogP contribution in [-0.2, 0) is 24.2 Å². The van der Waals surface area contributed by atoms with Crippen molar-refractivity contribution in [2.45, 2.75) is 30.4 Å².